The van der Waals surface area contributed by atoms with Crippen LogP contribution in [0.4, 0.5) is 21.8 Å². The Morgan fingerprint density at radius 1 is 0.958 bits per heavy atom. The van der Waals surface area contributed by atoms with Crippen LogP contribution in [0, 0.1) is 19.7 Å². The standard InChI is InChI=1S/C19H19FN4/c1-13-5-3-4-6-15(13)12-21-19-22-14(2)11-18(24-19)23-17-9-7-16(20)8-10-17/h3-11H,12H2,1-2H3,(H2,21,22,23,24). The molecule has 1 heterocycles. The predicted octanol–water partition coefficient (Wildman–Crippen LogP) is 4.59. The molecule has 0 aliphatic rings. The van der Waals surface area contributed by atoms with E-state index in [0.29, 0.717) is 18.3 Å². The number of rotatable bonds is 5. The van der Waals surface area contributed by atoms with Gasteiger partial charge in [-0.25, -0.2) is 9.37 Å². The summed E-state index contributed by atoms with van der Waals surface area (Å²) in [4.78, 5) is 8.88. The lowest BCUT2D eigenvalue weighted by Gasteiger charge is -2.11. The fourth-order valence-electron chi connectivity index (χ4n) is 2.38. The van der Waals surface area contributed by atoms with Gasteiger partial charge in [0.15, 0.2) is 0 Å². The fourth-order valence-corrected chi connectivity index (χ4v) is 2.38. The average Bonchev–Trinajstić information content (AvgIpc) is 2.56. The van der Waals surface area contributed by atoms with Crippen LogP contribution in [0.1, 0.15) is 16.8 Å². The molecule has 0 saturated carbocycles. The zero-order valence-corrected chi connectivity index (χ0v) is 13.7. The average molecular weight is 322 g/mol. The summed E-state index contributed by atoms with van der Waals surface area (Å²) < 4.78 is 13.0. The summed E-state index contributed by atoms with van der Waals surface area (Å²) in [6.45, 7) is 4.65. The second-order valence-electron chi connectivity index (χ2n) is 5.63. The van der Waals surface area contributed by atoms with Crippen LogP contribution in [0.3, 0.4) is 0 Å². The number of hydrogen-bond donors (Lipinski definition) is 2. The smallest absolute Gasteiger partial charge is 0.225 e. The number of hydrogen-bond acceptors (Lipinski definition) is 4. The molecule has 3 aromatic rings. The van der Waals surface area contributed by atoms with Crippen molar-refractivity contribution in [1.82, 2.24) is 9.97 Å². The molecule has 2 aromatic carbocycles. The van der Waals surface area contributed by atoms with Crippen molar-refractivity contribution in [2.75, 3.05) is 10.6 Å². The van der Waals surface area contributed by atoms with E-state index in [1.54, 1.807) is 12.1 Å². The minimum Gasteiger partial charge on any atom is -0.350 e. The first-order valence-corrected chi connectivity index (χ1v) is 7.77. The van der Waals surface area contributed by atoms with Gasteiger partial charge in [0, 0.05) is 24.0 Å². The van der Waals surface area contributed by atoms with E-state index in [1.165, 1.54) is 23.3 Å². The molecule has 0 bridgehead atoms. The van der Waals surface area contributed by atoms with Crippen LogP contribution in [0.5, 0.6) is 0 Å². The van der Waals surface area contributed by atoms with E-state index in [0.717, 1.165) is 11.4 Å². The molecule has 0 fully saturated rings. The lowest BCUT2D eigenvalue weighted by Crippen LogP contribution is -2.07. The molecule has 0 aliphatic carbocycles. The topological polar surface area (TPSA) is 49.8 Å². The van der Waals surface area contributed by atoms with Crippen molar-refractivity contribution in [3.63, 3.8) is 0 Å². The summed E-state index contributed by atoms with van der Waals surface area (Å²) in [5.41, 5.74) is 4.05. The Hall–Kier alpha value is -2.95. The quantitative estimate of drug-likeness (QED) is 0.721. The molecule has 0 aliphatic heterocycles. The van der Waals surface area contributed by atoms with Crippen LogP contribution in [0.25, 0.3) is 0 Å². The Balaban J connectivity index is 1.74. The molecule has 5 heteroatoms. The predicted molar refractivity (Wildman–Crippen MR) is 95.0 cm³/mol. The van der Waals surface area contributed by atoms with Gasteiger partial charge in [0.05, 0.1) is 0 Å². The number of benzene rings is 2. The van der Waals surface area contributed by atoms with Gasteiger partial charge in [-0.3, -0.25) is 0 Å². The van der Waals surface area contributed by atoms with E-state index in [4.69, 9.17) is 0 Å². The zero-order chi connectivity index (χ0) is 16.9. The number of nitrogens with zero attached hydrogens (tertiary/aromatic N) is 2. The van der Waals surface area contributed by atoms with E-state index in [9.17, 15) is 4.39 Å². The maximum atomic E-state index is 13.0. The van der Waals surface area contributed by atoms with Crippen molar-refractivity contribution < 1.29 is 4.39 Å². The highest BCUT2D eigenvalue weighted by Crippen LogP contribution is 2.18. The lowest BCUT2D eigenvalue weighted by molar-refractivity contribution is 0.628. The van der Waals surface area contributed by atoms with Gasteiger partial charge in [-0.15, -0.1) is 0 Å². The first-order valence-electron chi connectivity index (χ1n) is 7.77. The third-order valence-electron chi connectivity index (χ3n) is 3.67. The van der Waals surface area contributed by atoms with Gasteiger partial charge >= 0.3 is 0 Å². The van der Waals surface area contributed by atoms with Gasteiger partial charge in [0.2, 0.25) is 5.95 Å². The molecule has 3 rings (SSSR count). The van der Waals surface area contributed by atoms with Gasteiger partial charge in [-0.2, -0.15) is 4.98 Å². The van der Waals surface area contributed by atoms with Crippen LogP contribution in [0.15, 0.2) is 54.6 Å². The van der Waals surface area contributed by atoms with Crippen LogP contribution in [-0.4, -0.2) is 9.97 Å². The molecule has 0 atom stereocenters. The maximum absolute atomic E-state index is 13.0. The van der Waals surface area contributed by atoms with E-state index in [1.807, 2.05) is 25.1 Å². The highest BCUT2D eigenvalue weighted by molar-refractivity contribution is 5.57. The molecule has 0 radical (unpaired) electrons. The van der Waals surface area contributed by atoms with Gasteiger partial charge in [-0.1, -0.05) is 24.3 Å². The molecular weight excluding hydrogens is 303 g/mol. The van der Waals surface area contributed by atoms with Crippen molar-refractivity contribution in [1.29, 1.82) is 0 Å². The van der Waals surface area contributed by atoms with Crippen molar-refractivity contribution in [2.45, 2.75) is 20.4 Å². The second kappa shape index (κ2) is 7.08. The number of halogens is 1. The largest absolute Gasteiger partial charge is 0.350 e. The normalized spacial score (nSPS) is 10.5. The molecule has 4 nitrogen and oxygen atoms in total. The first kappa shape index (κ1) is 15.9. The van der Waals surface area contributed by atoms with Crippen molar-refractivity contribution in [3.05, 3.63) is 77.2 Å². The highest BCUT2D eigenvalue weighted by atomic mass is 19.1. The van der Waals surface area contributed by atoms with Crippen molar-refractivity contribution in [3.8, 4) is 0 Å². The zero-order valence-electron chi connectivity index (χ0n) is 13.7. The SMILES string of the molecule is Cc1cc(Nc2ccc(F)cc2)nc(NCc2ccccc2C)n1. The third kappa shape index (κ3) is 4.07. The van der Waals surface area contributed by atoms with E-state index in [-0.39, 0.29) is 5.82 Å². The summed E-state index contributed by atoms with van der Waals surface area (Å²) in [5.74, 6) is 0.962. The summed E-state index contributed by atoms with van der Waals surface area (Å²) in [5, 5.41) is 6.42. The van der Waals surface area contributed by atoms with Crippen LogP contribution < -0.4 is 10.6 Å². The minimum absolute atomic E-state index is 0.264. The third-order valence-corrected chi connectivity index (χ3v) is 3.67. The van der Waals surface area contributed by atoms with Crippen LogP contribution in [0.2, 0.25) is 0 Å². The van der Waals surface area contributed by atoms with Gasteiger partial charge < -0.3 is 10.6 Å². The number of aromatic nitrogens is 2. The summed E-state index contributed by atoms with van der Waals surface area (Å²) in [7, 11) is 0. The monoisotopic (exact) mass is 322 g/mol. The Morgan fingerprint density at radius 3 is 2.46 bits per heavy atom. The molecule has 0 saturated heterocycles. The number of nitrogens with one attached hydrogen (secondary N) is 2. The van der Waals surface area contributed by atoms with Gasteiger partial charge in [-0.05, 0) is 49.2 Å². The number of aryl methyl sites for hydroxylation is 2. The Labute approximate surface area is 140 Å². The highest BCUT2D eigenvalue weighted by Gasteiger charge is 2.04. The lowest BCUT2D eigenvalue weighted by atomic mass is 10.1. The van der Waals surface area contributed by atoms with Crippen LogP contribution in [-0.2, 0) is 6.54 Å². The Bertz CT molecular complexity index is 831. The first-order chi connectivity index (χ1) is 11.6. The maximum Gasteiger partial charge on any atom is 0.225 e. The van der Waals surface area contributed by atoms with E-state index >= 15 is 0 Å². The van der Waals surface area contributed by atoms with E-state index in [2.05, 4.69) is 39.7 Å². The molecule has 24 heavy (non-hydrogen) atoms. The second-order valence-corrected chi connectivity index (χ2v) is 5.63. The van der Waals surface area contributed by atoms with Crippen LogP contribution >= 0.6 is 0 Å². The summed E-state index contributed by atoms with van der Waals surface area (Å²) in [6, 6.07) is 16.2. The Morgan fingerprint density at radius 2 is 1.71 bits per heavy atom. The molecule has 0 spiro atoms. The molecule has 0 unspecified atom stereocenters. The molecular formula is C19H19FN4. The number of anilines is 3. The Kier molecular flexibility index (Phi) is 4.70. The van der Waals surface area contributed by atoms with Gasteiger partial charge in [0.1, 0.15) is 11.6 Å². The summed E-state index contributed by atoms with van der Waals surface area (Å²) in [6.07, 6.45) is 0. The van der Waals surface area contributed by atoms with E-state index < -0.39 is 0 Å². The molecule has 0 amide bonds. The van der Waals surface area contributed by atoms with Gasteiger partial charge in [0.25, 0.3) is 0 Å². The molecule has 122 valence electrons. The minimum atomic E-state index is -0.264. The summed E-state index contributed by atoms with van der Waals surface area (Å²) >= 11 is 0. The van der Waals surface area contributed by atoms with Crippen molar-refractivity contribution in [2.24, 2.45) is 0 Å². The fraction of sp³-hybridized carbons (Fsp3) is 0.158. The van der Waals surface area contributed by atoms with Crippen molar-refractivity contribution >= 4 is 17.5 Å². The molecule has 1 aromatic heterocycles. The molecule has 2 N–H and O–H groups in total.